The van der Waals surface area contributed by atoms with Crippen LogP contribution in [0.1, 0.15) is 26.2 Å². The lowest BCUT2D eigenvalue weighted by Crippen LogP contribution is -2.35. The second-order valence-corrected chi connectivity index (χ2v) is 3.61. The third kappa shape index (κ3) is 1.22. The van der Waals surface area contributed by atoms with Crippen molar-refractivity contribution >= 4 is 5.91 Å². The molecule has 2 fully saturated rings. The molecule has 3 atom stereocenters. The van der Waals surface area contributed by atoms with Gasteiger partial charge in [-0.05, 0) is 26.2 Å². The second-order valence-electron chi connectivity index (χ2n) is 3.61. The fourth-order valence-electron chi connectivity index (χ4n) is 2.22. The summed E-state index contributed by atoms with van der Waals surface area (Å²) in [6.07, 6.45) is 3.77. The summed E-state index contributed by atoms with van der Waals surface area (Å²) in [5.74, 6) is 0.327. The Morgan fingerprint density at radius 3 is 2.92 bits per heavy atom. The lowest BCUT2D eigenvalue weighted by molar-refractivity contribution is -0.126. The third-order valence-electron chi connectivity index (χ3n) is 2.79. The van der Waals surface area contributed by atoms with Gasteiger partial charge in [-0.25, -0.2) is 0 Å². The molecule has 0 aliphatic carbocycles. The van der Waals surface area contributed by atoms with Crippen molar-refractivity contribution in [3.63, 3.8) is 0 Å². The summed E-state index contributed by atoms with van der Waals surface area (Å²) < 4.78 is 5.59. The Kier molecular flexibility index (Phi) is 2.05. The van der Waals surface area contributed by atoms with Gasteiger partial charge in [-0.2, -0.15) is 0 Å². The zero-order valence-corrected chi connectivity index (χ0v) is 7.38. The third-order valence-corrected chi connectivity index (χ3v) is 2.79. The van der Waals surface area contributed by atoms with Gasteiger partial charge >= 0.3 is 0 Å². The van der Waals surface area contributed by atoms with E-state index in [2.05, 4.69) is 5.32 Å². The Hall–Kier alpha value is -0.570. The van der Waals surface area contributed by atoms with Crippen molar-refractivity contribution in [3.05, 3.63) is 0 Å². The summed E-state index contributed by atoms with van der Waals surface area (Å²) in [4.78, 5) is 11.4. The number of carbonyl (C=O) groups excluding carboxylic acids is 1. The number of fused-ring (bicyclic) bond motifs is 2. The lowest BCUT2D eigenvalue weighted by Gasteiger charge is -2.16. The van der Waals surface area contributed by atoms with Crippen LogP contribution >= 0.6 is 0 Å². The fourth-order valence-corrected chi connectivity index (χ4v) is 2.22. The first kappa shape index (κ1) is 8.05. The van der Waals surface area contributed by atoms with Crippen molar-refractivity contribution in [2.75, 3.05) is 6.54 Å². The van der Waals surface area contributed by atoms with E-state index in [1.807, 2.05) is 6.92 Å². The molecule has 2 heterocycles. The SMILES string of the molecule is CCNC(=O)[C@@H]1C[C@H]2CC[C@@H]1O2. The molecule has 0 aromatic rings. The molecule has 1 amide bonds. The number of nitrogens with one attached hydrogen (secondary N) is 1. The van der Waals surface area contributed by atoms with E-state index in [1.165, 1.54) is 0 Å². The van der Waals surface area contributed by atoms with Crippen LogP contribution in [0.5, 0.6) is 0 Å². The van der Waals surface area contributed by atoms with Gasteiger partial charge in [-0.15, -0.1) is 0 Å². The molecule has 2 bridgehead atoms. The highest BCUT2D eigenvalue weighted by Gasteiger charge is 2.44. The Morgan fingerprint density at radius 2 is 2.42 bits per heavy atom. The molecule has 0 saturated carbocycles. The first-order valence-electron chi connectivity index (χ1n) is 4.74. The van der Waals surface area contributed by atoms with Gasteiger partial charge in [0.05, 0.1) is 18.1 Å². The molecule has 2 rings (SSSR count). The average Bonchev–Trinajstić information content (AvgIpc) is 2.64. The molecular weight excluding hydrogens is 154 g/mol. The normalized spacial score (nSPS) is 38.6. The highest BCUT2D eigenvalue weighted by Crippen LogP contribution is 2.38. The molecule has 68 valence electrons. The van der Waals surface area contributed by atoms with E-state index in [9.17, 15) is 4.79 Å². The molecule has 0 radical (unpaired) electrons. The maximum Gasteiger partial charge on any atom is 0.225 e. The number of rotatable bonds is 2. The minimum Gasteiger partial charge on any atom is -0.374 e. The van der Waals surface area contributed by atoms with Gasteiger partial charge in [0.25, 0.3) is 0 Å². The van der Waals surface area contributed by atoms with Crippen molar-refractivity contribution in [2.45, 2.75) is 38.4 Å². The van der Waals surface area contributed by atoms with E-state index in [0.29, 0.717) is 6.10 Å². The highest BCUT2D eigenvalue weighted by atomic mass is 16.5. The summed E-state index contributed by atoms with van der Waals surface area (Å²) in [6.45, 7) is 2.68. The molecule has 2 aliphatic heterocycles. The Morgan fingerprint density at radius 1 is 1.58 bits per heavy atom. The van der Waals surface area contributed by atoms with Gasteiger partial charge in [0.1, 0.15) is 0 Å². The number of ether oxygens (including phenoxy) is 1. The van der Waals surface area contributed by atoms with Crippen LogP contribution in [0.2, 0.25) is 0 Å². The molecule has 3 heteroatoms. The molecule has 2 saturated heterocycles. The van der Waals surface area contributed by atoms with Crippen LogP contribution in [0.4, 0.5) is 0 Å². The summed E-state index contributed by atoms with van der Waals surface area (Å²) >= 11 is 0. The number of hydrogen-bond acceptors (Lipinski definition) is 2. The quantitative estimate of drug-likeness (QED) is 0.660. The monoisotopic (exact) mass is 169 g/mol. The molecule has 0 spiro atoms. The van der Waals surface area contributed by atoms with Gasteiger partial charge in [0.2, 0.25) is 5.91 Å². The second kappa shape index (κ2) is 3.05. The van der Waals surface area contributed by atoms with Crippen LogP contribution in [-0.4, -0.2) is 24.7 Å². The molecule has 0 unspecified atom stereocenters. The predicted octanol–water partition coefficient (Wildman–Crippen LogP) is 0.690. The zero-order valence-electron chi connectivity index (χ0n) is 7.38. The molecular formula is C9H15NO2. The smallest absolute Gasteiger partial charge is 0.225 e. The van der Waals surface area contributed by atoms with E-state index in [4.69, 9.17) is 4.74 Å². The maximum atomic E-state index is 11.4. The summed E-state index contributed by atoms with van der Waals surface area (Å²) in [5.41, 5.74) is 0. The molecule has 12 heavy (non-hydrogen) atoms. The highest BCUT2D eigenvalue weighted by molar-refractivity contribution is 5.79. The van der Waals surface area contributed by atoms with Crippen LogP contribution in [0, 0.1) is 5.92 Å². The van der Waals surface area contributed by atoms with Crippen molar-refractivity contribution < 1.29 is 9.53 Å². The summed E-state index contributed by atoms with van der Waals surface area (Å²) in [5, 5.41) is 2.85. The van der Waals surface area contributed by atoms with Crippen LogP contribution in [0.15, 0.2) is 0 Å². The summed E-state index contributed by atoms with van der Waals surface area (Å²) in [6, 6.07) is 0. The number of amides is 1. The van der Waals surface area contributed by atoms with Crippen molar-refractivity contribution in [1.82, 2.24) is 5.32 Å². The van der Waals surface area contributed by atoms with Crippen molar-refractivity contribution in [2.24, 2.45) is 5.92 Å². The van der Waals surface area contributed by atoms with E-state index in [0.717, 1.165) is 25.8 Å². The average molecular weight is 169 g/mol. The van der Waals surface area contributed by atoms with Crippen molar-refractivity contribution in [1.29, 1.82) is 0 Å². The summed E-state index contributed by atoms with van der Waals surface area (Å²) in [7, 11) is 0. The Bertz CT molecular complexity index is 193. The van der Waals surface area contributed by atoms with E-state index in [1.54, 1.807) is 0 Å². The van der Waals surface area contributed by atoms with Crippen LogP contribution in [-0.2, 0) is 9.53 Å². The zero-order chi connectivity index (χ0) is 8.55. The molecule has 0 aromatic heterocycles. The molecule has 0 aromatic carbocycles. The fraction of sp³-hybridized carbons (Fsp3) is 0.889. The Labute approximate surface area is 72.5 Å². The number of carbonyl (C=O) groups is 1. The van der Waals surface area contributed by atoms with Gasteiger partial charge in [-0.1, -0.05) is 0 Å². The minimum atomic E-state index is 0.142. The van der Waals surface area contributed by atoms with Gasteiger partial charge in [0, 0.05) is 6.54 Å². The first-order valence-corrected chi connectivity index (χ1v) is 4.74. The Balaban J connectivity index is 1.93. The van der Waals surface area contributed by atoms with Crippen LogP contribution in [0.25, 0.3) is 0 Å². The minimum absolute atomic E-state index is 0.142. The predicted molar refractivity (Wildman–Crippen MR) is 44.7 cm³/mol. The van der Waals surface area contributed by atoms with Crippen molar-refractivity contribution in [3.8, 4) is 0 Å². The topological polar surface area (TPSA) is 38.3 Å². The van der Waals surface area contributed by atoms with Gasteiger partial charge in [-0.3, -0.25) is 4.79 Å². The van der Waals surface area contributed by atoms with Gasteiger partial charge in [0.15, 0.2) is 0 Å². The largest absolute Gasteiger partial charge is 0.374 e. The van der Waals surface area contributed by atoms with E-state index < -0.39 is 0 Å². The van der Waals surface area contributed by atoms with E-state index >= 15 is 0 Å². The molecule has 2 aliphatic rings. The first-order chi connectivity index (χ1) is 5.81. The lowest BCUT2D eigenvalue weighted by atomic mass is 9.88. The molecule has 3 nitrogen and oxygen atoms in total. The standard InChI is InChI=1S/C9H15NO2/c1-2-10-9(11)7-5-6-3-4-8(7)12-6/h6-8H,2-5H2,1H3,(H,10,11)/t6-,7-,8+/m1/s1. The maximum absolute atomic E-state index is 11.4. The van der Waals surface area contributed by atoms with E-state index in [-0.39, 0.29) is 17.9 Å². The van der Waals surface area contributed by atoms with Gasteiger partial charge < -0.3 is 10.1 Å². The van der Waals surface area contributed by atoms with Crippen LogP contribution < -0.4 is 5.32 Å². The number of hydrogen-bond donors (Lipinski definition) is 1. The van der Waals surface area contributed by atoms with Crippen LogP contribution in [0.3, 0.4) is 0 Å². The molecule has 1 N–H and O–H groups in total.